The average Bonchev–Trinajstić information content (AvgIpc) is 3.73. The third kappa shape index (κ3) is 5.06. The van der Waals surface area contributed by atoms with Crippen molar-refractivity contribution in [2.45, 2.75) is 25.2 Å². The molecule has 4 aromatic rings. The maximum Gasteiger partial charge on any atom is 0.417 e. The number of alkyl halides is 3. The lowest BCUT2D eigenvalue weighted by atomic mass is 10.0. The van der Waals surface area contributed by atoms with Gasteiger partial charge < -0.3 is 14.5 Å². The number of imidazole rings is 1. The molecule has 2 aliphatic heterocycles. The first-order valence-corrected chi connectivity index (χ1v) is 13.2. The summed E-state index contributed by atoms with van der Waals surface area (Å²) in [4.78, 5) is 30.3. The van der Waals surface area contributed by atoms with Crippen molar-refractivity contribution < 1.29 is 22.7 Å². The molecule has 2 saturated heterocycles. The summed E-state index contributed by atoms with van der Waals surface area (Å²) in [6, 6.07) is 2.03. The topological polar surface area (TPSA) is 121 Å². The Balaban J connectivity index is 1.27. The van der Waals surface area contributed by atoms with E-state index in [4.69, 9.17) is 4.74 Å². The number of allylic oxidation sites excluding steroid dienone is 1. The fourth-order valence-electron chi connectivity index (χ4n) is 5.07. The molecular weight excluding hydrogens is 553 g/mol. The number of hydrogen-bond acceptors (Lipinski definition) is 7. The van der Waals surface area contributed by atoms with Gasteiger partial charge in [0.05, 0.1) is 55.0 Å². The number of ether oxygens (including phenoxy) is 1. The maximum absolute atomic E-state index is 13.6. The number of pyridine rings is 1. The van der Waals surface area contributed by atoms with Gasteiger partial charge in [0.2, 0.25) is 0 Å². The molecule has 6 heterocycles. The Labute approximate surface area is 237 Å². The van der Waals surface area contributed by atoms with Crippen LogP contribution in [0, 0.1) is 0 Å². The number of aromatic amines is 1. The number of rotatable bonds is 6. The molecule has 2 fully saturated rings. The number of aliphatic imine (C=N–C) groups is 2. The molecule has 0 saturated carbocycles. The zero-order valence-corrected chi connectivity index (χ0v) is 22.6. The van der Waals surface area contributed by atoms with E-state index in [0.717, 1.165) is 17.8 Å². The summed E-state index contributed by atoms with van der Waals surface area (Å²) >= 11 is 0. The van der Waals surface area contributed by atoms with E-state index in [0.29, 0.717) is 49.9 Å². The van der Waals surface area contributed by atoms with Crippen molar-refractivity contribution >= 4 is 24.1 Å². The summed E-state index contributed by atoms with van der Waals surface area (Å²) < 4.78 is 48.5. The summed E-state index contributed by atoms with van der Waals surface area (Å²) in [6.07, 6.45) is 6.38. The van der Waals surface area contributed by atoms with Gasteiger partial charge in [0, 0.05) is 43.8 Å². The molecule has 4 aromatic heterocycles. The number of carbonyl (C=O) groups is 1. The lowest BCUT2D eigenvalue weighted by Crippen LogP contribution is -2.50. The normalized spacial score (nSPS) is 18.9. The standard InChI is InChI=1S/C27H27F3N10O2/c1-3-23(36-25(31-2)21-11-32-24-5-4-19(13-39(21)24)27(28,29)30)37-6-7-38(22(14-37)17-8-33-34-9-17)26(41)18-10-35-40(12-18)20-15-42-16-20/h3-5,8-13,20,22H,2,6-7,14-16H2,1H3,(H,33,34)/b23-3+,36-25?. The Morgan fingerprint density at radius 1 is 1.19 bits per heavy atom. The maximum atomic E-state index is 13.6. The van der Waals surface area contributed by atoms with E-state index in [9.17, 15) is 18.0 Å². The number of nitrogens with one attached hydrogen (secondary N) is 1. The van der Waals surface area contributed by atoms with Crippen LogP contribution < -0.4 is 0 Å². The third-order valence-electron chi connectivity index (χ3n) is 7.40. The zero-order chi connectivity index (χ0) is 29.4. The van der Waals surface area contributed by atoms with E-state index >= 15 is 0 Å². The van der Waals surface area contributed by atoms with Crippen LogP contribution in [-0.2, 0) is 10.9 Å². The predicted octanol–water partition coefficient (Wildman–Crippen LogP) is 3.35. The van der Waals surface area contributed by atoms with E-state index in [2.05, 4.69) is 37.0 Å². The Bertz CT molecular complexity index is 1670. The summed E-state index contributed by atoms with van der Waals surface area (Å²) in [5, 5.41) is 11.3. The van der Waals surface area contributed by atoms with Crippen LogP contribution in [-0.4, -0.2) is 90.5 Å². The molecule has 1 unspecified atom stereocenters. The van der Waals surface area contributed by atoms with Crippen molar-refractivity contribution in [3.63, 3.8) is 0 Å². The molecule has 1 N–H and O–H groups in total. The van der Waals surface area contributed by atoms with Crippen LogP contribution in [0.3, 0.4) is 0 Å². The highest BCUT2D eigenvalue weighted by Gasteiger charge is 2.35. The van der Waals surface area contributed by atoms with E-state index in [1.165, 1.54) is 16.7 Å². The van der Waals surface area contributed by atoms with Crippen molar-refractivity contribution in [2.24, 2.45) is 9.98 Å². The second-order valence-electron chi connectivity index (χ2n) is 9.92. The molecule has 15 heteroatoms. The van der Waals surface area contributed by atoms with Crippen LogP contribution >= 0.6 is 0 Å². The lowest BCUT2D eigenvalue weighted by Gasteiger charge is -2.42. The van der Waals surface area contributed by atoms with E-state index in [1.807, 2.05) is 4.90 Å². The number of nitrogens with zero attached hydrogens (tertiary/aromatic N) is 9. The first-order chi connectivity index (χ1) is 20.3. The second-order valence-corrected chi connectivity index (χ2v) is 9.92. The number of carbonyl (C=O) groups excluding carboxylic acids is 1. The fraction of sp³-hybridized carbons (Fsp3) is 0.333. The molecule has 2 aliphatic rings. The average molecular weight is 581 g/mol. The third-order valence-corrected chi connectivity index (χ3v) is 7.40. The lowest BCUT2D eigenvalue weighted by molar-refractivity contribution is -0.137. The van der Waals surface area contributed by atoms with Gasteiger partial charge >= 0.3 is 6.18 Å². The largest absolute Gasteiger partial charge is 0.417 e. The van der Waals surface area contributed by atoms with Crippen molar-refractivity contribution in [1.29, 1.82) is 0 Å². The molecular formula is C27H27F3N10O2. The van der Waals surface area contributed by atoms with Crippen LogP contribution in [0.15, 0.2) is 71.2 Å². The number of hydrogen-bond donors (Lipinski definition) is 1. The molecule has 6 rings (SSSR count). The number of aromatic nitrogens is 6. The molecule has 0 bridgehead atoms. The molecule has 218 valence electrons. The Morgan fingerprint density at radius 2 is 2.02 bits per heavy atom. The van der Waals surface area contributed by atoms with E-state index in [1.54, 1.807) is 47.4 Å². The zero-order valence-electron chi connectivity index (χ0n) is 22.6. The number of piperazine rings is 1. The van der Waals surface area contributed by atoms with Gasteiger partial charge in [-0.05, 0) is 31.9 Å². The van der Waals surface area contributed by atoms with Gasteiger partial charge in [-0.3, -0.25) is 19.0 Å². The Hall–Kier alpha value is -4.79. The van der Waals surface area contributed by atoms with E-state index < -0.39 is 11.7 Å². The Kier molecular flexibility index (Phi) is 7.10. The van der Waals surface area contributed by atoms with Gasteiger partial charge in [-0.25, -0.2) is 15.0 Å². The summed E-state index contributed by atoms with van der Waals surface area (Å²) in [6.45, 7) is 7.75. The monoisotopic (exact) mass is 580 g/mol. The molecule has 12 nitrogen and oxygen atoms in total. The number of fused-ring (bicyclic) bond motifs is 1. The quantitative estimate of drug-likeness (QED) is 0.276. The minimum atomic E-state index is -4.52. The highest BCUT2D eigenvalue weighted by Crippen LogP contribution is 2.31. The van der Waals surface area contributed by atoms with E-state index in [-0.39, 0.29) is 29.5 Å². The Morgan fingerprint density at radius 3 is 2.69 bits per heavy atom. The van der Waals surface area contributed by atoms with Crippen molar-refractivity contribution in [3.8, 4) is 0 Å². The highest BCUT2D eigenvalue weighted by atomic mass is 19.4. The van der Waals surface area contributed by atoms with Crippen LogP contribution in [0.25, 0.3) is 5.65 Å². The highest BCUT2D eigenvalue weighted by molar-refractivity contribution is 6.01. The first-order valence-electron chi connectivity index (χ1n) is 13.2. The minimum absolute atomic E-state index is 0.112. The van der Waals surface area contributed by atoms with Crippen molar-refractivity contribution in [3.05, 3.63) is 83.6 Å². The summed E-state index contributed by atoms with van der Waals surface area (Å²) in [5.41, 5.74) is 1.06. The fourth-order valence-corrected chi connectivity index (χ4v) is 5.07. The van der Waals surface area contributed by atoms with Gasteiger partial charge in [0.25, 0.3) is 5.91 Å². The number of amides is 1. The molecule has 0 radical (unpaired) electrons. The molecule has 42 heavy (non-hydrogen) atoms. The first kappa shape index (κ1) is 27.4. The van der Waals surface area contributed by atoms with Crippen molar-refractivity contribution in [1.82, 2.24) is 39.2 Å². The molecule has 1 atom stereocenters. The minimum Gasteiger partial charge on any atom is -0.377 e. The van der Waals surface area contributed by atoms with Crippen LogP contribution in [0.5, 0.6) is 0 Å². The number of amidine groups is 1. The van der Waals surface area contributed by atoms with Gasteiger partial charge in [0.1, 0.15) is 17.2 Å². The van der Waals surface area contributed by atoms with Crippen LogP contribution in [0.4, 0.5) is 13.2 Å². The number of halogens is 3. The smallest absolute Gasteiger partial charge is 0.377 e. The van der Waals surface area contributed by atoms with Crippen molar-refractivity contribution in [2.75, 3.05) is 32.8 Å². The van der Waals surface area contributed by atoms with Gasteiger partial charge in [0.15, 0.2) is 5.84 Å². The van der Waals surface area contributed by atoms with Crippen LogP contribution in [0.2, 0.25) is 0 Å². The van der Waals surface area contributed by atoms with Crippen LogP contribution in [0.1, 0.15) is 46.2 Å². The molecule has 1 amide bonds. The SMILES string of the molecule is C=NC(=N/C(=C\C)N1CCN(C(=O)c2cnn(C3COC3)c2)C(c2cn[nH]c2)C1)c1cnc2ccc(C(F)(F)F)cn12. The summed E-state index contributed by atoms with van der Waals surface area (Å²) in [5.74, 6) is 0.482. The summed E-state index contributed by atoms with van der Waals surface area (Å²) in [7, 11) is 0. The second kappa shape index (κ2) is 10.9. The van der Waals surface area contributed by atoms with Gasteiger partial charge in [-0.15, -0.1) is 0 Å². The molecule has 0 spiro atoms. The molecule has 0 aromatic carbocycles. The van der Waals surface area contributed by atoms with Gasteiger partial charge in [-0.1, -0.05) is 0 Å². The number of H-pyrrole nitrogens is 1. The predicted molar refractivity (Wildman–Crippen MR) is 146 cm³/mol. The molecule has 0 aliphatic carbocycles. The van der Waals surface area contributed by atoms with Gasteiger partial charge in [-0.2, -0.15) is 23.4 Å².